The molecule has 1 rings (SSSR count). The standard InChI is InChI=1S/C17H25O4P/c1-5-14(12-22-20-6-2)11-13(3)21-16-9-7-15(8-10-16)17(18)19-4/h5,7-10,13,22H,6,11-12H2,1-4H3/b14-5+. The molecule has 0 radical (unpaired) electrons. The van der Waals surface area contributed by atoms with Crippen molar-refractivity contribution >= 4 is 14.8 Å². The lowest BCUT2D eigenvalue weighted by Gasteiger charge is -2.17. The molecule has 0 aliphatic rings. The highest BCUT2D eigenvalue weighted by molar-refractivity contribution is 7.32. The zero-order chi connectivity index (χ0) is 16.4. The van der Waals surface area contributed by atoms with Crippen LogP contribution in [0.1, 0.15) is 37.6 Å². The van der Waals surface area contributed by atoms with Gasteiger partial charge >= 0.3 is 5.97 Å². The summed E-state index contributed by atoms with van der Waals surface area (Å²) in [4.78, 5) is 11.4. The molecular weight excluding hydrogens is 299 g/mol. The van der Waals surface area contributed by atoms with E-state index in [0.717, 1.165) is 24.9 Å². The third kappa shape index (κ3) is 6.59. The Balaban J connectivity index is 2.50. The number of ether oxygens (including phenoxy) is 2. The van der Waals surface area contributed by atoms with Crippen LogP contribution in [0, 0.1) is 0 Å². The summed E-state index contributed by atoms with van der Waals surface area (Å²) in [5.41, 5.74) is 1.86. The van der Waals surface area contributed by atoms with Gasteiger partial charge in [0.25, 0.3) is 0 Å². The summed E-state index contributed by atoms with van der Waals surface area (Å²) in [5.74, 6) is 0.413. The van der Waals surface area contributed by atoms with Gasteiger partial charge in [0.05, 0.1) is 18.8 Å². The summed E-state index contributed by atoms with van der Waals surface area (Å²) in [6.45, 7) is 6.85. The maximum Gasteiger partial charge on any atom is 0.337 e. The third-order valence-electron chi connectivity index (χ3n) is 3.12. The van der Waals surface area contributed by atoms with Crippen molar-refractivity contribution in [3.05, 3.63) is 41.5 Å². The Morgan fingerprint density at radius 3 is 2.55 bits per heavy atom. The van der Waals surface area contributed by atoms with Crippen molar-refractivity contribution < 1.29 is 18.8 Å². The summed E-state index contributed by atoms with van der Waals surface area (Å²) >= 11 is 0. The molecule has 0 saturated heterocycles. The predicted molar refractivity (Wildman–Crippen MR) is 91.1 cm³/mol. The van der Waals surface area contributed by atoms with Crippen LogP contribution in [0.2, 0.25) is 0 Å². The highest BCUT2D eigenvalue weighted by Crippen LogP contribution is 2.22. The van der Waals surface area contributed by atoms with E-state index in [-0.39, 0.29) is 12.1 Å². The summed E-state index contributed by atoms with van der Waals surface area (Å²) < 4.78 is 16.0. The largest absolute Gasteiger partial charge is 0.490 e. The molecule has 1 aromatic carbocycles. The molecule has 0 N–H and O–H groups in total. The van der Waals surface area contributed by atoms with Crippen molar-refractivity contribution in [2.45, 2.75) is 33.3 Å². The Morgan fingerprint density at radius 2 is 2.00 bits per heavy atom. The van der Waals surface area contributed by atoms with E-state index in [2.05, 4.69) is 10.8 Å². The number of benzene rings is 1. The molecule has 0 amide bonds. The van der Waals surface area contributed by atoms with Gasteiger partial charge in [-0.15, -0.1) is 0 Å². The molecule has 0 saturated carbocycles. The van der Waals surface area contributed by atoms with Gasteiger partial charge in [-0.2, -0.15) is 0 Å². The van der Waals surface area contributed by atoms with Gasteiger partial charge in [-0.25, -0.2) is 4.79 Å². The van der Waals surface area contributed by atoms with Crippen molar-refractivity contribution in [1.29, 1.82) is 0 Å². The van der Waals surface area contributed by atoms with Crippen molar-refractivity contribution in [2.75, 3.05) is 19.9 Å². The molecular formula is C17H25O4P. The number of rotatable bonds is 9. The lowest BCUT2D eigenvalue weighted by atomic mass is 10.1. The number of hydrogen-bond donors (Lipinski definition) is 0. The Kier molecular flexibility index (Phi) is 8.79. The maximum atomic E-state index is 11.4. The first kappa shape index (κ1) is 18.7. The second-order valence-corrected chi connectivity index (χ2v) is 5.78. The van der Waals surface area contributed by atoms with Crippen LogP contribution in [0.3, 0.4) is 0 Å². The molecule has 1 aromatic rings. The smallest absolute Gasteiger partial charge is 0.337 e. The topological polar surface area (TPSA) is 44.8 Å². The summed E-state index contributed by atoms with van der Waals surface area (Å²) in [6, 6.07) is 7.00. The van der Waals surface area contributed by atoms with Crippen molar-refractivity contribution in [3.63, 3.8) is 0 Å². The SMILES string of the molecule is C/C=C(/CPOCC)CC(C)Oc1ccc(C(=O)OC)cc1. The number of carbonyl (C=O) groups is 1. The van der Waals surface area contributed by atoms with Gasteiger partial charge in [-0.1, -0.05) is 11.6 Å². The number of methoxy groups -OCH3 is 1. The highest BCUT2D eigenvalue weighted by Gasteiger charge is 2.09. The molecule has 0 bridgehead atoms. The van der Waals surface area contributed by atoms with E-state index >= 15 is 0 Å². The number of carbonyl (C=O) groups excluding carboxylic acids is 1. The number of allylic oxidation sites excluding steroid dienone is 1. The molecule has 2 atom stereocenters. The molecule has 122 valence electrons. The average Bonchev–Trinajstić information content (AvgIpc) is 2.54. The second kappa shape index (κ2) is 10.4. The van der Waals surface area contributed by atoms with Gasteiger partial charge in [-0.3, -0.25) is 0 Å². The van der Waals surface area contributed by atoms with E-state index in [1.165, 1.54) is 12.7 Å². The van der Waals surface area contributed by atoms with Crippen LogP contribution < -0.4 is 4.74 Å². The van der Waals surface area contributed by atoms with Crippen molar-refractivity contribution in [2.24, 2.45) is 0 Å². The molecule has 0 heterocycles. The van der Waals surface area contributed by atoms with Crippen LogP contribution in [0.5, 0.6) is 5.75 Å². The molecule has 4 nitrogen and oxygen atoms in total. The third-order valence-corrected chi connectivity index (χ3v) is 4.21. The maximum absolute atomic E-state index is 11.4. The van der Waals surface area contributed by atoms with Crippen molar-refractivity contribution in [1.82, 2.24) is 0 Å². The second-order valence-electron chi connectivity index (χ2n) is 4.85. The zero-order valence-corrected chi connectivity index (χ0v) is 14.7. The van der Waals surface area contributed by atoms with E-state index in [9.17, 15) is 4.79 Å². The molecule has 0 aliphatic carbocycles. The average molecular weight is 324 g/mol. The first-order valence-electron chi connectivity index (χ1n) is 7.44. The molecule has 5 heteroatoms. The molecule has 2 unspecified atom stereocenters. The van der Waals surface area contributed by atoms with E-state index in [1.54, 1.807) is 24.3 Å². The molecule has 0 spiro atoms. The highest BCUT2D eigenvalue weighted by atomic mass is 31.1. The van der Waals surface area contributed by atoms with Crippen LogP contribution in [0.15, 0.2) is 35.9 Å². The van der Waals surface area contributed by atoms with E-state index in [0.29, 0.717) is 14.4 Å². The summed E-state index contributed by atoms with van der Waals surface area (Å²) in [6.07, 6.45) is 4.03. The van der Waals surface area contributed by atoms with Crippen LogP contribution >= 0.6 is 8.81 Å². The fraction of sp³-hybridized carbons (Fsp3) is 0.471. The van der Waals surface area contributed by atoms with E-state index in [4.69, 9.17) is 9.26 Å². The lowest BCUT2D eigenvalue weighted by molar-refractivity contribution is 0.0600. The van der Waals surface area contributed by atoms with Gasteiger partial charge in [0.1, 0.15) is 5.75 Å². The van der Waals surface area contributed by atoms with Gasteiger partial charge in [0.15, 0.2) is 0 Å². The lowest BCUT2D eigenvalue weighted by Crippen LogP contribution is -2.13. The summed E-state index contributed by atoms with van der Waals surface area (Å²) in [5, 5.41) is 0. The van der Waals surface area contributed by atoms with Crippen LogP contribution in [-0.4, -0.2) is 32.0 Å². The summed E-state index contributed by atoms with van der Waals surface area (Å²) in [7, 11) is 1.88. The van der Waals surface area contributed by atoms with Crippen molar-refractivity contribution in [3.8, 4) is 5.75 Å². The fourth-order valence-corrected chi connectivity index (χ4v) is 2.81. The van der Waals surface area contributed by atoms with Crippen LogP contribution in [0.25, 0.3) is 0 Å². The minimum atomic E-state index is -0.340. The van der Waals surface area contributed by atoms with E-state index < -0.39 is 0 Å². The number of hydrogen-bond acceptors (Lipinski definition) is 4. The Hall–Kier alpha value is -1.38. The molecule has 0 aromatic heterocycles. The minimum absolute atomic E-state index is 0.0709. The van der Waals surface area contributed by atoms with Crippen LogP contribution in [-0.2, 0) is 9.26 Å². The van der Waals surface area contributed by atoms with E-state index in [1.807, 2.05) is 20.8 Å². The normalized spacial score (nSPS) is 13.4. The molecule has 0 fully saturated rings. The quantitative estimate of drug-likeness (QED) is 0.295. The Bertz CT molecular complexity index is 482. The number of esters is 1. The van der Waals surface area contributed by atoms with Crippen LogP contribution in [0.4, 0.5) is 0 Å². The zero-order valence-electron chi connectivity index (χ0n) is 13.7. The fourth-order valence-electron chi connectivity index (χ4n) is 1.97. The first-order valence-corrected chi connectivity index (χ1v) is 8.56. The monoisotopic (exact) mass is 324 g/mol. The van der Waals surface area contributed by atoms with Gasteiger partial charge in [-0.05, 0) is 45.0 Å². The first-order chi connectivity index (χ1) is 10.6. The van der Waals surface area contributed by atoms with Gasteiger partial charge in [0, 0.05) is 28.0 Å². The molecule has 0 aliphatic heterocycles. The Morgan fingerprint density at radius 1 is 1.32 bits per heavy atom. The molecule has 22 heavy (non-hydrogen) atoms. The minimum Gasteiger partial charge on any atom is -0.490 e. The predicted octanol–water partition coefficient (Wildman–Crippen LogP) is 4.21. The Labute approximate surface area is 134 Å². The van der Waals surface area contributed by atoms with Gasteiger partial charge < -0.3 is 14.0 Å². The van der Waals surface area contributed by atoms with Gasteiger partial charge in [0.2, 0.25) is 0 Å².